The van der Waals surface area contributed by atoms with Crippen LogP contribution in [-0.2, 0) is 4.79 Å². The summed E-state index contributed by atoms with van der Waals surface area (Å²) in [6, 6.07) is 17.6. The fraction of sp³-hybridized carbons (Fsp3) is 0.0476. The molecule has 0 aliphatic rings. The average molecular weight is 467 g/mol. The molecule has 1 aromatic carbocycles. The molecule has 0 aliphatic heterocycles. The van der Waals surface area contributed by atoms with Gasteiger partial charge in [0.05, 0.1) is 27.5 Å². The third-order valence-corrected chi connectivity index (χ3v) is 6.45. The number of anilines is 1. The number of hydrogen-bond donors (Lipinski definition) is 2. The number of thioether (sulfide) groups is 1. The van der Waals surface area contributed by atoms with Gasteiger partial charge in [0, 0.05) is 11.8 Å². The van der Waals surface area contributed by atoms with Crippen molar-refractivity contribution in [1.82, 2.24) is 9.78 Å². The van der Waals surface area contributed by atoms with Gasteiger partial charge in [-0.2, -0.15) is 10.2 Å². The molecule has 0 atom stereocenters. The summed E-state index contributed by atoms with van der Waals surface area (Å²) in [5.41, 5.74) is 8.49. The summed E-state index contributed by atoms with van der Waals surface area (Å²) in [5.74, 6) is 0.0217. The highest BCUT2D eigenvalue weighted by atomic mass is 32.2. The van der Waals surface area contributed by atoms with Crippen LogP contribution in [0.25, 0.3) is 16.3 Å². The van der Waals surface area contributed by atoms with Crippen LogP contribution in [0, 0.1) is 0 Å². The number of hydrogen-bond acceptors (Lipinski definition) is 7. The minimum absolute atomic E-state index is 0.140. The van der Waals surface area contributed by atoms with Gasteiger partial charge < -0.3 is 11.1 Å². The molecule has 0 bridgehead atoms. The third kappa shape index (κ3) is 5.69. The molecule has 0 radical (unpaired) electrons. The first-order valence-electron chi connectivity index (χ1n) is 9.20. The lowest BCUT2D eigenvalue weighted by atomic mass is 10.2. The van der Waals surface area contributed by atoms with Gasteiger partial charge in [-0.15, -0.1) is 27.8 Å². The van der Waals surface area contributed by atoms with Gasteiger partial charge in [-0.05, 0) is 41.1 Å². The van der Waals surface area contributed by atoms with Crippen LogP contribution in [0.2, 0.25) is 0 Å². The van der Waals surface area contributed by atoms with E-state index < -0.39 is 0 Å². The van der Waals surface area contributed by atoms with Gasteiger partial charge in [0.1, 0.15) is 5.69 Å². The van der Waals surface area contributed by atoms with E-state index in [-0.39, 0.29) is 16.8 Å². The quantitative estimate of drug-likeness (QED) is 0.235. The van der Waals surface area contributed by atoms with E-state index in [0.29, 0.717) is 0 Å². The third-order valence-electron chi connectivity index (χ3n) is 4.01. The molecule has 3 aromatic heterocycles. The zero-order valence-electron chi connectivity index (χ0n) is 16.2. The van der Waals surface area contributed by atoms with Crippen LogP contribution in [-0.4, -0.2) is 32.8 Å². The van der Waals surface area contributed by atoms with Crippen molar-refractivity contribution in [3.63, 3.8) is 0 Å². The van der Waals surface area contributed by atoms with Crippen molar-refractivity contribution >= 4 is 56.7 Å². The Bertz CT molecular complexity index is 1180. The first-order chi connectivity index (χ1) is 15.2. The Morgan fingerprint density at radius 3 is 2.68 bits per heavy atom. The van der Waals surface area contributed by atoms with Crippen molar-refractivity contribution < 1.29 is 4.79 Å². The molecule has 4 rings (SSSR count). The summed E-state index contributed by atoms with van der Waals surface area (Å²) in [4.78, 5) is 13.0. The molecule has 1 amide bonds. The van der Waals surface area contributed by atoms with Crippen LogP contribution in [0.15, 0.2) is 81.8 Å². The predicted octanol–water partition coefficient (Wildman–Crippen LogP) is 4.68. The van der Waals surface area contributed by atoms with Gasteiger partial charge in [-0.25, -0.2) is 4.68 Å². The van der Waals surface area contributed by atoms with E-state index in [2.05, 4.69) is 15.5 Å². The maximum absolute atomic E-state index is 11.9. The number of thiophene rings is 2. The molecule has 3 heterocycles. The van der Waals surface area contributed by atoms with Gasteiger partial charge in [0.2, 0.25) is 5.91 Å². The van der Waals surface area contributed by atoms with Crippen LogP contribution in [0.1, 0.15) is 5.56 Å². The van der Waals surface area contributed by atoms with Crippen molar-refractivity contribution in [2.24, 2.45) is 15.9 Å². The molecule has 0 saturated heterocycles. The molecule has 4 aromatic rings. The molecule has 0 saturated carbocycles. The number of aromatic nitrogens is 2. The highest BCUT2D eigenvalue weighted by Gasteiger charge is 2.12. The van der Waals surface area contributed by atoms with Crippen LogP contribution in [0.3, 0.4) is 0 Å². The number of benzene rings is 1. The van der Waals surface area contributed by atoms with Crippen LogP contribution in [0.4, 0.5) is 5.00 Å². The minimum atomic E-state index is -0.140. The van der Waals surface area contributed by atoms with E-state index in [1.807, 2.05) is 76.2 Å². The molecule has 7 nitrogen and oxygen atoms in total. The zero-order valence-corrected chi connectivity index (χ0v) is 18.7. The summed E-state index contributed by atoms with van der Waals surface area (Å²) in [7, 11) is 0. The lowest BCUT2D eigenvalue weighted by Gasteiger charge is -2.01. The number of nitrogens with zero attached hydrogens (tertiary/aromatic N) is 4. The van der Waals surface area contributed by atoms with Crippen molar-refractivity contribution in [3.8, 4) is 16.3 Å². The number of nitrogens with one attached hydrogen (secondary N) is 1. The number of amidine groups is 1. The molecule has 31 heavy (non-hydrogen) atoms. The van der Waals surface area contributed by atoms with Crippen molar-refractivity contribution in [2.45, 2.75) is 0 Å². The fourth-order valence-corrected chi connectivity index (χ4v) is 4.46. The summed E-state index contributed by atoms with van der Waals surface area (Å²) in [6.07, 6.45) is 3.53. The monoisotopic (exact) mass is 466 g/mol. The molecular formula is C21H18N6OS3. The SMILES string of the molecule is N/C(=N/N=C\c1cn(-c2ccccc2)nc1-c1cccs1)SCC(=O)Nc1cccs1. The standard InChI is InChI=1S/C21H18N6OS3/c22-21(31-14-18(28)24-19-9-5-11-30-19)25-23-12-15-13-27(16-6-2-1-3-7-16)26-20(15)17-8-4-10-29-17/h1-13H,14H2,(H2,22,25)(H,24,28)/b23-12-. The smallest absolute Gasteiger partial charge is 0.235 e. The average Bonchev–Trinajstić information content (AvgIpc) is 3.55. The second-order valence-electron chi connectivity index (χ2n) is 6.19. The van der Waals surface area contributed by atoms with Gasteiger partial charge in [-0.3, -0.25) is 4.79 Å². The highest BCUT2D eigenvalue weighted by molar-refractivity contribution is 8.14. The van der Waals surface area contributed by atoms with Gasteiger partial charge in [0.25, 0.3) is 0 Å². The maximum atomic E-state index is 11.9. The van der Waals surface area contributed by atoms with E-state index in [1.165, 1.54) is 11.3 Å². The van der Waals surface area contributed by atoms with Crippen LogP contribution < -0.4 is 11.1 Å². The Morgan fingerprint density at radius 1 is 1.13 bits per heavy atom. The number of carbonyl (C=O) groups excluding carboxylic acids is 1. The first kappa shape index (κ1) is 21.0. The molecule has 0 spiro atoms. The first-order valence-corrected chi connectivity index (χ1v) is 11.9. The topological polar surface area (TPSA) is 97.7 Å². The summed E-state index contributed by atoms with van der Waals surface area (Å²) in [6.45, 7) is 0. The Kier molecular flexibility index (Phi) is 6.92. The Hall–Kier alpha value is -3.21. The van der Waals surface area contributed by atoms with Crippen LogP contribution >= 0.6 is 34.4 Å². The molecule has 156 valence electrons. The van der Waals surface area contributed by atoms with E-state index in [0.717, 1.165) is 38.6 Å². The minimum Gasteiger partial charge on any atom is -0.377 e. The fourth-order valence-electron chi connectivity index (χ4n) is 2.64. The Morgan fingerprint density at radius 2 is 1.94 bits per heavy atom. The largest absolute Gasteiger partial charge is 0.377 e. The Labute approximate surface area is 191 Å². The van der Waals surface area contributed by atoms with Crippen molar-refractivity contribution in [2.75, 3.05) is 11.1 Å². The highest BCUT2D eigenvalue weighted by Crippen LogP contribution is 2.27. The number of nitrogens with two attached hydrogens (primary N) is 1. The second kappa shape index (κ2) is 10.2. The van der Waals surface area contributed by atoms with Crippen molar-refractivity contribution in [1.29, 1.82) is 0 Å². The van der Waals surface area contributed by atoms with Crippen molar-refractivity contribution in [3.05, 3.63) is 77.1 Å². The molecule has 0 unspecified atom stereocenters. The number of para-hydroxylation sites is 1. The lowest BCUT2D eigenvalue weighted by Crippen LogP contribution is -2.17. The van der Waals surface area contributed by atoms with Gasteiger partial charge >= 0.3 is 0 Å². The zero-order chi connectivity index (χ0) is 21.5. The maximum Gasteiger partial charge on any atom is 0.235 e. The van der Waals surface area contributed by atoms with E-state index >= 15 is 0 Å². The lowest BCUT2D eigenvalue weighted by molar-refractivity contribution is -0.113. The molecule has 0 aliphatic carbocycles. The Balaban J connectivity index is 1.45. The normalized spacial score (nSPS) is 11.8. The predicted molar refractivity (Wildman–Crippen MR) is 132 cm³/mol. The number of rotatable bonds is 7. The van der Waals surface area contributed by atoms with Gasteiger partial charge in [0.15, 0.2) is 5.17 Å². The van der Waals surface area contributed by atoms with E-state index in [1.54, 1.807) is 17.6 Å². The molecular weight excluding hydrogens is 448 g/mol. The summed E-state index contributed by atoms with van der Waals surface area (Å²) >= 11 is 4.20. The molecule has 3 N–H and O–H groups in total. The van der Waals surface area contributed by atoms with Gasteiger partial charge in [-0.1, -0.05) is 36.0 Å². The molecule has 10 heteroatoms. The van der Waals surface area contributed by atoms with E-state index in [4.69, 9.17) is 10.8 Å². The van der Waals surface area contributed by atoms with Crippen LogP contribution in [0.5, 0.6) is 0 Å². The second-order valence-corrected chi connectivity index (χ2v) is 9.08. The summed E-state index contributed by atoms with van der Waals surface area (Å²) in [5, 5.41) is 20.6. The number of amides is 1. The summed E-state index contributed by atoms with van der Waals surface area (Å²) < 4.78 is 1.81. The number of carbonyl (C=O) groups is 1. The molecule has 0 fully saturated rings. The van der Waals surface area contributed by atoms with E-state index in [9.17, 15) is 4.79 Å².